The number of nitrogens with zero attached hydrogens (tertiary/aromatic N) is 1. The van der Waals surface area contributed by atoms with Crippen LogP contribution in [0.1, 0.15) is 17.4 Å². The van der Waals surface area contributed by atoms with Gasteiger partial charge in [0.1, 0.15) is 5.15 Å². The van der Waals surface area contributed by atoms with Crippen molar-refractivity contribution in [1.82, 2.24) is 4.98 Å². The van der Waals surface area contributed by atoms with Gasteiger partial charge in [0.2, 0.25) is 0 Å². The summed E-state index contributed by atoms with van der Waals surface area (Å²) in [7, 11) is 0. The standard InChI is InChI=1S/C8H7Cl2NO2/c1-2-13-8(12)6-3-5(9)4-7(10)11-6/h3-4H,2H2,1H3. The Morgan fingerprint density at radius 3 is 2.77 bits per heavy atom. The van der Waals surface area contributed by atoms with Crippen molar-refractivity contribution < 1.29 is 9.53 Å². The van der Waals surface area contributed by atoms with Crippen LogP contribution in [0.3, 0.4) is 0 Å². The molecule has 13 heavy (non-hydrogen) atoms. The molecule has 5 heteroatoms. The molecule has 0 unspecified atom stereocenters. The fraction of sp³-hybridized carbons (Fsp3) is 0.250. The van der Waals surface area contributed by atoms with E-state index < -0.39 is 5.97 Å². The average Bonchev–Trinajstić information content (AvgIpc) is 2.03. The van der Waals surface area contributed by atoms with E-state index in [4.69, 9.17) is 27.9 Å². The van der Waals surface area contributed by atoms with E-state index in [2.05, 4.69) is 4.98 Å². The lowest BCUT2D eigenvalue weighted by molar-refractivity contribution is 0.0519. The van der Waals surface area contributed by atoms with E-state index in [-0.39, 0.29) is 10.8 Å². The topological polar surface area (TPSA) is 39.2 Å². The van der Waals surface area contributed by atoms with E-state index in [1.54, 1.807) is 6.92 Å². The number of hydrogen-bond acceptors (Lipinski definition) is 3. The van der Waals surface area contributed by atoms with Crippen molar-refractivity contribution in [3.8, 4) is 0 Å². The van der Waals surface area contributed by atoms with Crippen LogP contribution in [-0.4, -0.2) is 17.6 Å². The fourth-order valence-corrected chi connectivity index (χ4v) is 1.25. The van der Waals surface area contributed by atoms with Gasteiger partial charge in [-0.2, -0.15) is 0 Å². The van der Waals surface area contributed by atoms with Crippen LogP contribution in [0.15, 0.2) is 12.1 Å². The smallest absolute Gasteiger partial charge is 0.357 e. The van der Waals surface area contributed by atoms with Crippen LogP contribution in [-0.2, 0) is 4.74 Å². The minimum atomic E-state index is -0.521. The van der Waals surface area contributed by atoms with Gasteiger partial charge < -0.3 is 4.74 Å². The summed E-state index contributed by atoms with van der Waals surface area (Å²) in [5, 5.41) is 0.540. The third kappa shape index (κ3) is 2.86. The number of pyridine rings is 1. The zero-order valence-electron chi connectivity index (χ0n) is 6.88. The number of hydrogen-bond donors (Lipinski definition) is 0. The van der Waals surface area contributed by atoms with Crippen molar-refractivity contribution in [3.05, 3.63) is 28.0 Å². The van der Waals surface area contributed by atoms with Gasteiger partial charge in [0.15, 0.2) is 5.69 Å². The summed E-state index contributed by atoms with van der Waals surface area (Å²) in [4.78, 5) is 14.9. The van der Waals surface area contributed by atoms with Crippen LogP contribution < -0.4 is 0 Å². The maximum absolute atomic E-state index is 11.1. The Morgan fingerprint density at radius 1 is 1.54 bits per heavy atom. The van der Waals surface area contributed by atoms with E-state index in [1.165, 1.54) is 12.1 Å². The molecule has 0 aliphatic rings. The van der Waals surface area contributed by atoms with Crippen molar-refractivity contribution >= 4 is 29.2 Å². The Hall–Kier alpha value is -0.800. The van der Waals surface area contributed by atoms with Crippen molar-refractivity contribution in [2.24, 2.45) is 0 Å². The molecule has 1 aromatic rings. The number of rotatable bonds is 2. The Kier molecular flexibility index (Phi) is 3.51. The molecule has 0 atom stereocenters. The summed E-state index contributed by atoms with van der Waals surface area (Å²) in [6.07, 6.45) is 0. The molecule has 0 aliphatic heterocycles. The average molecular weight is 220 g/mol. The minimum absolute atomic E-state index is 0.124. The van der Waals surface area contributed by atoms with Gasteiger partial charge in [-0.1, -0.05) is 23.2 Å². The predicted octanol–water partition coefficient (Wildman–Crippen LogP) is 2.57. The van der Waals surface area contributed by atoms with Gasteiger partial charge >= 0.3 is 5.97 Å². The van der Waals surface area contributed by atoms with Crippen LogP contribution >= 0.6 is 23.2 Å². The largest absolute Gasteiger partial charge is 0.461 e. The molecule has 1 heterocycles. The SMILES string of the molecule is CCOC(=O)c1cc(Cl)cc(Cl)n1. The third-order valence-electron chi connectivity index (χ3n) is 1.24. The molecule has 0 bridgehead atoms. The van der Waals surface area contributed by atoms with Gasteiger partial charge in [0, 0.05) is 5.02 Å². The molecule has 0 fully saturated rings. The van der Waals surface area contributed by atoms with E-state index in [0.717, 1.165) is 0 Å². The molecule has 0 aliphatic carbocycles. The first-order valence-corrected chi connectivity index (χ1v) is 4.39. The van der Waals surface area contributed by atoms with E-state index >= 15 is 0 Å². The first-order chi connectivity index (χ1) is 6.13. The highest BCUT2D eigenvalue weighted by molar-refractivity contribution is 6.34. The molecule has 0 amide bonds. The monoisotopic (exact) mass is 219 g/mol. The lowest BCUT2D eigenvalue weighted by atomic mass is 10.3. The van der Waals surface area contributed by atoms with Crippen LogP contribution in [0, 0.1) is 0 Å². The minimum Gasteiger partial charge on any atom is -0.461 e. The summed E-state index contributed by atoms with van der Waals surface area (Å²) in [6, 6.07) is 2.86. The summed E-state index contributed by atoms with van der Waals surface area (Å²) in [6.45, 7) is 2.01. The second-order valence-electron chi connectivity index (χ2n) is 2.21. The van der Waals surface area contributed by atoms with E-state index in [1.807, 2.05) is 0 Å². The molecule has 0 aromatic carbocycles. The van der Waals surface area contributed by atoms with Crippen molar-refractivity contribution in [2.45, 2.75) is 6.92 Å². The van der Waals surface area contributed by atoms with Crippen LogP contribution in [0.2, 0.25) is 10.2 Å². The first-order valence-electron chi connectivity index (χ1n) is 3.63. The third-order valence-corrected chi connectivity index (χ3v) is 1.66. The molecule has 0 N–H and O–H groups in total. The zero-order valence-corrected chi connectivity index (χ0v) is 8.39. The molecule has 0 radical (unpaired) electrons. The molecule has 3 nitrogen and oxygen atoms in total. The highest BCUT2D eigenvalue weighted by atomic mass is 35.5. The van der Waals surface area contributed by atoms with E-state index in [9.17, 15) is 4.79 Å². The van der Waals surface area contributed by atoms with E-state index in [0.29, 0.717) is 11.6 Å². The Morgan fingerprint density at radius 2 is 2.23 bits per heavy atom. The highest BCUT2D eigenvalue weighted by Crippen LogP contribution is 2.15. The second kappa shape index (κ2) is 4.44. The van der Waals surface area contributed by atoms with Gasteiger partial charge in [0.05, 0.1) is 6.61 Å². The Labute approximate surface area is 85.6 Å². The lowest BCUT2D eigenvalue weighted by Crippen LogP contribution is -2.06. The number of ether oxygens (including phenoxy) is 1. The molecule has 1 aromatic heterocycles. The summed E-state index contributed by atoms with van der Waals surface area (Å²) in [5.74, 6) is -0.521. The molecule has 0 spiro atoms. The van der Waals surface area contributed by atoms with Crippen molar-refractivity contribution in [2.75, 3.05) is 6.61 Å². The van der Waals surface area contributed by atoms with Crippen molar-refractivity contribution in [1.29, 1.82) is 0 Å². The normalized spacial score (nSPS) is 9.77. The van der Waals surface area contributed by atoms with Crippen molar-refractivity contribution in [3.63, 3.8) is 0 Å². The Balaban J connectivity index is 2.94. The molecule has 0 saturated carbocycles. The number of carbonyl (C=O) groups excluding carboxylic acids is 1. The maximum atomic E-state index is 11.1. The zero-order chi connectivity index (χ0) is 9.84. The number of halogens is 2. The molecular weight excluding hydrogens is 213 g/mol. The van der Waals surface area contributed by atoms with Gasteiger partial charge in [-0.3, -0.25) is 0 Å². The number of aromatic nitrogens is 1. The van der Waals surface area contributed by atoms with Gasteiger partial charge in [-0.25, -0.2) is 9.78 Å². The first kappa shape index (κ1) is 10.3. The van der Waals surface area contributed by atoms with Gasteiger partial charge in [0.25, 0.3) is 0 Å². The Bertz CT molecular complexity index is 308. The maximum Gasteiger partial charge on any atom is 0.357 e. The van der Waals surface area contributed by atoms with Crippen LogP contribution in [0.5, 0.6) is 0 Å². The highest BCUT2D eigenvalue weighted by Gasteiger charge is 2.09. The molecular formula is C8H7Cl2NO2. The summed E-state index contributed by atoms with van der Waals surface area (Å²) < 4.78 is 4.72. The number of carbonyl (C=O) groups is 1. The molecule has 1 rings (SSSR count). The van der Waals surface area contributed by atoms with Gasteiger partial charge in [-0.15, -0.1) is 0 Å². The predicted molar refractivity (Wildman–Crippen MR) is 50.2 cm³/mol. The molecule has 70 valence electrons. The summed E-state index contributed by atoms with van der Waals surface area (Å²) in [5.41, 5.74) is 0.124. The fourth-order valence-electron chi connectivity index (χ4n) is 0.775. The second-order valence-corrected chi connectivity index (χ2v) is 3.04. The van der Waals surface area contributed by atoms with Crippen LogP contribution in [0.25, 0.3) is 0 Å². The lowest BCUT2D eigenvalue weighted by Gasteiger charge is -2.01. The quantitative estimate of drug-likeness (QED) is 0.567. The summed E-state index contributed by atoms with van der Waals surface area (Å²) >= 11 is 11.3. The molecule has 0 saturated heterocycles. The van der Waals surface area contributed by atoms with Crippen LogP contribution in [0.4, 0.5) is 0 Å². The van der Waals surface area contributed by atoms with Gasteiger partial charge in [-0.05, 0) is 19.1 Å². The number of esters is 1.